The van der Waals surface area contributed by atoms with Crippen molar-refractivity contribution in [3.8, 4) is 0 Å². The van der Waals surface area contributed by atoms with Crippen molar-refractivity contribution in [2.24, 2.45) is 11.1 Å². The SMILES string of the molecule is COC(=O)CCCN(C)C(=O)[C@H](N)C(C)(C)C. The van der Waals surface area contributed by atoms with Gasteiger partial charge in [-0.3, -0.25) is 9.59 Å². The Morgan fingerprint density at radius 1 is 1.35 bits per heavy atom. The minimum Gasteiger partial charge on any atom is -0.469 e. The van der Waals surface area contributed by atoms with E-state index in [4.69, 9.17) is 5.73 Å². The molecule has 0 aliphatic rings. The molecule has 0 aliphatic carbocycles. The Balaban J connectivity index is 4.11. The molecule has 0 fully saturated rings. The summed E-state index contributed by atoms with van der Waals surface area (Å²) < 4.78 is 4.53. The summed E-state index contributed by atoms with van der Waals surface area (Å²) in [5, 5.41) is 0. The van der Waals surface area contributed by atoms with Gasteiger partial charge in [0.2, 0.25) is 5.91 Å². The summed E-state index contributed by atoms with van der Waals surface area (Å²) in [4.78, 5) is 24.4. The molecule has 0 unspecified atom stereocenters. The van der Waals surface area contributed by atoms with E-state index in [0.29, 0.717) is 19.4 Å². The molecule has 1 atom stereocenters. The number of hydrogen-bond acceptors (Lipinski definition) is 4. The van der Waals surface area contributed by atoms with Gasteiger partial charge in [0.1, 0.15) is 0 Å². The molecule has 2 N–H and O–H groups in total. The van der Waals surface area contributed by atoms with Gasteiger partial charge in [-0.15, -0.1) is 0 Å². The second-order valence-electron chi connectivity index (χ2n) is 5.28. The van der Waals surface area contributed by atoms with Crippen LogP contribution in [0.2, 0.25) is 0 Å². The molecule has 0 aromatic rings. The van der Waals surface area contributed by atoms with Gasteiger partial charge >= 0.3 is 5.97 Å². The van der Waals surface area contributed by atoms with Crippen LogP contribution in [0.25, 0.3) is 0 Å². The van der Waals surface area contributed by atoms with E-state index in [2.05, 4.69) is 4.74 Å². The maximum absolute atomic E-state index is 11.9. The maximum atomic E-state index is 11.9. The third-order valence-electron chi connectivity index (χ3n) is 2.68. The Bertz CT molecular complexity index is 271. The highest BCUT2D eigenvalue weighted by Gasteiger charge is 2.29. The lowest BCUT2D eigenvalue weighted by molar-refractivity contribution is -0.141. The Labute approximate surface area is 103 Å². The average Bonchev–Trinajstić information content (AvgIpc) is 2.25. The number of esters is 1. The molecule has 0 saturated heterocycles. The van der Waals surface area contributed by atoms with Gasteiger partial charge in [-0.25, -0.2) is 0 Å². The minimum absolute atomic E-state index is 0.0950. The second-order valence-corrected chi connectivity index (χ2v) is 5.28. The van der Waals surface area contributed by atoms with E-state index in [1.807, 2.05) is 20.8 Å². The summed E-state index contributed by atoms with van der Waals surface area (Å²) in [5.41, 5.74) is 5.61. The second kappa shape index (κ2) is 6.59. The van der Waals surface area contributed by atoms with Crippen LogP contribution in [0.5, 0.6) is 0 Å². The summed E-state index contributed by atoms with van der Waals surface area (Å²) in [7, 11) is 3.05. The zero-order valence-corrected chi connectivity index (χ0v) is 11.4. The van der Waals surface area contributed by atoms with Crippen LogP contribution in [0, 0.1) is 5.41 Å². The molecule has 1 amide bonds. The normalized spacial score (nSPS) is 13.1. The van der Waals surface area contributed by atoms with Crippen LogP contribution in [0.1, 0.15) is 33.6 Å². The molecular weight excluding hydrogens is 220 g/mol. The highest BCUT2D eigenvalue weighted by molar-refractivity contribution is 5.82. The number of rotatable bonds is 5. The fourth-order valence-electron chi connectivity index (χ4n) is 1.28. The third kappa shape index (κ3) is 5.68. The Kier molecular flexibility index (Phi) is 6.16. The van der Waals surface area contributed by atoms with Crippen LogP contribution < -0.4 is 5.73 Å². The largest absolute Gasteiger partial charge is 0.469 e. The molecule has 0 aromatic heterocycles. The van der Waals surface area contributed by atoms with Crippen molar-refractivity contribution in [3.05, 3.63) is 0 Å². The molecule has 5 nitrogen and oxygen atoms in total. The van der Waals surface area contributed by atoms with E-state index in [1.165, 1.54) is 7.11 Å². The van der Waals surface area contributed by atoms with Crippen molar-refractivity contribution in [1.82, 2.24) is 4.90 Å². The predicted octanol–water partition coefficient (Wildman–Crippen LogP) is 0.771. The molecule has 0 saturated carbocycles. The Hall–Kier alpha value is -1.10. The molecule has 0 radical (unpaired) electrons. The molecular formula is C12H24N2O3. The molecule has 0 heterocycles. The first kappa shape index (κ1) is 15.9. The van der Waals surface area contributed by atoms with Crippen molar-refractivity contribution in [2.75, 3.05) is 20.7 Å². The van der Waals surface area contributed by atoms with E-state index in [9.17, 15) is 9.59 Å². The lowest BCUT2D eigenvalue weighted by Gasteiger charge is -2.29. The first-order valence-corrected chi connectivity index (χ1v) is 5.77. The number of carbonyl (C=O) groups excluding carboxylic acids is 2. The number of hydrogen-bond donors (Lipinski definition) is 1. The van der Waals surface area contributed by atoms with Crippen molar-refractivity contribution in [2.45, 2.75) is 39.7 Å². The number of nitrogens with zero attached hydrogens (tertiary/aromatic N) is 1. The summed E-state index contributed by atoms with van der Waals surface area (Å²) in [6, 6.07) is -0.523. The van der Waals surface area contributed by atoms with Gasteiger partial charge in [0.25, 0.3) is 0 Å². The van der Waals surface area contributed by atoms with Gasteiger partial charge < -0.3 is 15.4 Å². The smallest absolute Gasteiger partial charge is 0.305 e. The number of nitrogens with two attached hydrogens (primary N) is 1. The van der Waals surface area contributed by atoms with Crippen LogP contribution in [0.15, 0.2) is 0 Å². The molecule has 100 valence electrons. The average molecular weight is 244 g/mol. The van der Waals surface area contributed by atoms with Crippen LogP contribution in [-0.2, 0) is 14.3 Å². The molecule has 17 heavy (non-hydrogen) atoms. The van der Waals surface area contributed by atoms with E-state index in [1.54, 1.807) is 11.9 Å². The predicted molar refractivity (Wildman–Crippen MR) is 66.3 cm³/mol. The molecule has 0 rings (SSSR count). The number of methoxy groups -OCH3 is 1. The van der Waals surface area contributed by atoms with E-state index < -0.39 is 6.04 Å². The molecule has 0 aromatic carbocycles. The van der Waals surface area contributed by atoms with Crippen molar-refractivity contribution in [1.29, 1.82) is 0 Å². The first-order chi connectivity index (χ1) is 7.70. The van der Waals surface area contributed by atoms with Crippen LogP contribution in [-0.4, -0.2) is 43.5 Å². The van der Waals surface area contributed by atoms with Gasteiger partial charge in [-0.05, 0) is 11.8 Å². The first-order valence-electron chi connectivity index (χ1n) is 5.77. The topological polar surface area (TPSA) is 72.6 Å². The van der Waals surface area contributed by atoms with Crippen molar-refractivity contribution < 1.29 is 14.3 Å². The fourth-order valence-corrected chi connectivity index (χ4v) is 1.28. The summed E-state index contributed by atoms with van der Waals surface area (Å²) in [6.45, 7) is 6.30. The summed E-state index contributed by atoms with van der Waals surface area (Å²) in [6.07, 6.45) is 0.907. The quantitative estimate of drug-likeness (QED) is 0.725. The minimum atomic E-state index is -0.523. The molecule has 0 aliphatic heterocycles. The van der Waals surface area contributed by atoms with Gasteiger partial charge in [-0.1, -0.05) is 20.8 Å². The Morgan fingerprint density at radius 2 is 1.88 bits per heavy atom. The Morgan fingerprint density at radius 3 is 2.29 bits per heavy atom. The zero-order valence-electron chi connectivity index (χ0n) is 11.4. The van der Waals surface area contributed by atoms with Crippen molar-refractivity contribution in [3.63, 3.8) is 0 Å². The standard InChI is InChI=1S/C12H24N2O3/c1-12(2,3)10(13)11(16)14(4)8-6-7-9(15)17-5/h10H,6-8,13H2,1-5H3/t10-/m0/s1. The van der Waals surface area contributed by atoms with Gasteiger partial charge in [0, 0.05) is 20.0 Å². The molecule has 0 bridgehead atoms. The number of carbonyl (C=O) groups is 2. The van der Waals surface area contributed by atoms with E-state index >= 15 is 0 Å². The highest BCUT2D eigenvalue weighted by Crippen LogP contribution is 2.18. The van der Waals surface area contributed by atoms with Gasteiger partial charge in [0.15, 0.2) is 0 Å². The summed E-state index contributed by atoms with van der Waals surface area (Å²) in [5.74, 6) is -0.353. The maximum Gasteiger partial charge on any atom is 0.305 e. The lowest BCUT2D eigenvalue weighted by Crippen LogP contribution is -2.49. The monoisotopic (exact) mass is 244 g/mol. The molecule has 5 heteroatoms. The van der Waals surface area contributed by atoms with E-state index in [-0.39, 0.29) is 17.3 Å². The lowest BCUT2D eigenvalue weighted by atomic mass is 9.86. The van der Waals surface area contributed by atoms with Crippen LogP contribution in [0.4, 0.5) is 0 Å². The van der Waals surface area contributed by atoms with Crippen LogP contribution in [0.3, 0.4) is 0 Å². The third-order valence-corrected chi connectivity index (χ3v) is 2.68. The van der Waals surface area contributed by atoms with Crippen LogP contribution >= 0.6 is 0 Å². The number of amides is 1. The zero-order chi connectivity index (χ0) is 13.6. The van der Waals surface area contributed by atoms with E-state index in [0.717, 1.165) is 0 Å². The highest BCUT2D eigenvalue weighted by atomic mass is 16.5. The fraction of sp³-hybridized carbons (Fsp3) is 0.833. The summed E-state index contributed by atoms with van der Waals surface area (Å²) >= 11 is 0. The number of ether oxygens (including phenoxy) is 1. The molecule has 0 spiro atoms. The van der Waals surface area contributed by atoms with Crippen molar-refractivity contribution >= 4 is 11.9 Å². The number of likely N-dealkylation sites (N-methyl/N-ethyl adjacent to an activating group) is 1. The van der Waals surface area contributed by atoms with Gasteiger partial charge in [-0.2, -0.15) is 0 Å². The van der Waals surface area contributed by atoms with Gasteiger partial charge in [0.05, 0.1) is 13.2 Å².